The second-order valence-corrected chi connectivity index (χ2v) is 7.14. The van der Waals surface area contributed by atoms with Crippen molar-refractivity contribution in [3.8, 4) is 0 Å². The number of ether oxygens (including phenoxy) is 6. The van der Waals surface area contributed by atoms with Gasteiger partial charge in [-0.15, -0.1) is 6.58 Å². The fourth-order valence-electron chi connectivity index (χ4n) is 3.13. The predicted octanol–water partition coefficient (Wildman–Crippen LogP) is 3.31. The standard InChI is InChI=1S/C25H34O7/c1-4-23(30-15-20-11-7-5-8-12-20)25(32-19-28-3)24(22(26)17-29-18-27-2)31-16-21-13-9-6-10-14-21/h4-14,22-26H,1,15-19H2,2-3H3/t22-,23+,24-,25-/m1/s1. The first-order valence-electron chi connectivity index (χ1n) is 10.5. The Labute approximate surface area is 190 Å². The molecule has 2 rings (SSSR count). The molecule has 0 spiro atoms. The normalized spacial score (nSPS) is 15.1. The van der Waals surface area contributed by atoms with Gasteiger partial charge in [-0.2, -0.15) is 0 Å². The summed E-state index contributed by atoms with van der Waals surface area (Å²) in [6.07, 6.45) is -1.39. The summed E-state index contributed by atoms with van der Waals surface area (Å²) in [6.45, 7) is 4.60. The van der Waals surface area contributed by atoms with E-state index >= 15 is 0 Å². The molecule has 7 nitrogen and oxygen atoms in total. The molecule has 32 heavy (non-hydrogen) atoms. The molecule has 0 bridgehead atoms. The smallest absolute Gasteiger partial charge is 0.146 e. The van der Waals surface area contributed by atoms with Crippen molar-refractivity contribution >= 4 is 0 Å². The maximum Gasteiger partial charge on any atom is 0.146 e. The summed E-state index contributed by atoms with van der Waals surface area (Å²) < 4.78 is 33.6. The van der Waals surface area contributed by atoms with Crippen LogP contribution in [0.5, 0.6) is 0 Å². The third kappa shape index (κ3) is 9.18. The van der Waals surface area contributed by atoms with Gasteiger partial charge in [-0.3, -0.25) is 0 Å². The Kier molecular flexibility index (Phi) is 12.8. The molecule has 0 aliphatic heterocycles. The van der Waals surface area contributed by atoms with Gasteiger partial charge in [0.2, 0.25) is 0 Å². The van der Waals surface area contributed by atoms with Crippen LogP contribution in [0.15, 0.2) is 73.3 Å². The monoisotopic (exact) mass is 446 g/mol. The summed E-state index contributed by atoms with van der Waals surface area (Å²) in [7, 11) is 3.05. The van der Waals surface area contributed by atoms with Gasteiger partial charge in [0.05, 0.1) is 19.8 Å². The zero-order valence-corrected chi connectivity index (χ0v) is 18.8. The first kappa shape index (κ1) is 26.2. The van der Waals surface area contributed by atoms with Crippen LogP contribution >= 0.6 is 0 Å². The first-order chi connectivity index (χ1) is 15.7. The van der Waals surface area contributed by atoms with E-state index in [1.54, 1.807) is 6.08 Å². The van der Waals surface area contributed by atoms with Crippen LogP contribution in [-0.2, 0) is 41.6 Å². The highest BCUT2D eigenvalue weighted by Crippen LogP contribution is 2.20. The van der Waals surface area contributed by atoms with E-state index in [-0.39, 0.29) is 26.8 Å². The second kappa shape index (κ2) is 15.7. The van der Waals surface area contributed by atoms with Crippen LogP contribution in [0.1, 0.15) is 11.1 Å². The first-order valence-corrected chi connectivity index (χ1v) is 10.5. The molecular weight excluding hydrogens is 412 g/mol. The lowest BCUT2D eigenvalue weighted by Gasteiger charge is -2.34. The Hall–Kier alpha value is -2.10. The molecule has 0 unspecified atom stereocenters. The van der Waals surface area contributed by atoms with Crippen LogP contribution < -0.4 is 0 Å². The summed E-state index contributed by atoms with van der Waals surface area (Å²) in [5, 5.41) is 10.9. The number of hydrogen-bond acceptors (Lipinski definition) is 7. The molecule has 0 amide bonds. The van der Waals surface area contributed by atoms with Crippen molar-refractivity contribution in [1.29, 1.82) is 0 Å². The van der Waals surface area contributed by atoms with Crippen molar-refractivity contribution < 1.29 is 33.5 Å². The van der Waals surface area contributed by atoms with Gasteiger partial charge in [0.25, 0.3) is 0 Å². The Morgan fingerprint density at radius 1 is 0.781 bits per heavy atom. The lowest BCUT2D eigenvalue weighted by Crippen LogP contribution is -2.49. The Morgan fingerprint density at radius 3 is 1.88 bits per heavy atom. The maximum absolute atomic E-state index is 10.9. The summed E-state index contributed by atoms with van der Waals surface area (Å²) in [5.74, 6) is 0. The van der Waals surface area contributed by atoms with Gasteiger partial charge >= 0.3 is 0 Å². The molecular formula is C25H34O7. The van der Waals surface area contributed by atoms with E-state index in [2.05, 4.69) is 6.58 Å². The summed E-state index contributed by atoms with van der Waals surface area (Å²) in [4.78, 5) is 0. The molecule has 2 aromatic rings. The molecule has 176 valence electrons. The molecule has 1 N–H and O–H groups in total. The minimum atomic E-state index is -1.00. The zero-order chi connectivity index (χ0) is 23.0. The number of benzene rings is 2. The number of aliphatic hydroxyl groups excluding tert-OH is 1. The fraction of sp³-hybridized carbons (Fsp3) is 0.440. The highest BCUT2D eigenvalue weighted by Gasteiger charge is 2.36. The van der Waals surface area contributed by atoms with E-state index < -0.39 is 24.4 Å². The molecule has 0 aromatic heterocycles. The van der Waals surface area contributed by atoms with Crippen LogP contribution in [0.2, 0.25) is 0 Å². The Morgan fingerprint density at radius 2 is 1.34 bits per heavy atom. The van der Waals surface area contributed by atoms with Crippen molar-refractivity contribution in [3.63, 3.8) is 0 Å². The highest BCUT2D eigenvalue weighted by atomic mass is 16.7. The molecule has 0 aliphatic carbocycles. The lowest BCUT2D eigenvalue weighted by atomic mass is 10.0. The Bertz CT molecular complexity index is 726. The topological polar surface area (TPSA) is 75.6 Å². The number of rotatable bonds is 17. The van der Waals surface area contributed by atoms with E-state index in [1.807, 2.05) is 60.7 Å². The highest BCUT2D eigenvalue weighted by molar-refractivity contribution is 5.14. The van der Waals surface area contributed by atoms with Gasteiger partial charge in [-0.1, -0.05) is 66.7 Å². The van der Waals surface area contributed by atoms with Crippen molar-refractivity contribution in [2.24, 2.45) is 0 Å². The van der Waals surface area contributed by atoms with Gasteiger partial charge in [0, 0.05) is 14.2 Å². The average molecular weight is 447 g/mol. The van der Waals surface area contributed by atoms with E-state index in [1.165, 1.54) is 14.2 Å². The number of methoxy groups -OCH3 is 2. The maximum atomic E-state index is 10.9. The van der Waals surface area contributed by atoms with Gasteiger partial charge < -0.3 is 33.5 Å². The molecule has 0 saturated carbocycles. The zero-order valence-electron chi connectivity index (χ0n) is 18.8. The van der Waals surface area contributed by atoms with E-state index in [4.69, 9.17) is 28.4 Å². The number of aliphatic hydroxyl groups is 1. The van der Waals surface area contributed by atoms with Gasteiger partial charge in [0.15, 0.2) is 0 Å². The summed E-state index contributed by atoms with van der Waals surface area (Å²) >= 11 is 0. The quantitative estimate of drug-likeness (QED) is 0.227. The summed E-state index contributed by atoms with van der Waals surface area (Å²) in [6, 6.07) is 19.5. The third-order valence-corrected chi connectivity index (χ3v) is 4.70. The van der Waals surface area contributed by atoms with Crippen LogP contribution in [0.3, 0.4) is 0 Å². The molecule has 0 fully saturated rings. The van der Waals surface area contributed by atoms with Gasteiger partial charge in [-0.05, 0) is 11.1 Å². The largest absolute Gasteiger partial charge is 0.388 e. The van der Waals surface area contributed by atoms with E-state index in [0.29, 0.717) is 6.61 Å². The fourth-order valence-corrected chi connectivity index (χ4v) is 3.13. The van der Waals surface area contributed by atoms with Crippen LogP contribution in [0.25, 0.3) is 0 Å². The van der Waals surface area contributed by atoms with Crippen molar-refractivity contribution in [2.45, 2.75) is 37.6 Å². The van der Waals surface area contributed by atoms with Crippen molar-refractivity contribution in [3.05, 3.63) is 84.4 Å². The van der Waals surface area contributed by atoms with E-state index in [9.17, 15) is 5.11 Å². The Balaban J connectivity index is 2.17. The van der Waals surface area contributed by atoms with Gasteiger partial charge in [-0.25, -0.2) is 0 Å². The minimum Gasteiger partial charge on any atom is -0.388 e. The molecule has 0 heterocycles. The average Bonchev–Trinajstić information content (AvgIpc) is 2.83. The predicted molar refractivity (Wildman–Crippen MR) is 121 cm³/mol. The molecule has 2 aromatic carbocycles. The van der Waals surface area contributed by atoms with Gasteiger partial charge in [0.1, 0.15) is 38.0 Å². The lowest BCUT2D eigenvalue weighted by molar-refractivity contribution is -0.202. The SMILES string of the molecule is C=C[C@H](OCc1ccccc1)[C@@H](OCOC)[C@H](OCc1ccccc1)[C@H](O)COCOC. The second-order valence-electron chi connectivity index (χ2n) is 7.14. The summed E-state index contributed by atoms with van der Waals surface area (Å²) in [5.41, 5.74) is 1.98. The van der Waals surface area contributed by atoms with Crippen LogP contribution in [-0.4, -0.2) is 63.9 Å². The molecule has 7 heteroatoms. The molecule has 0 saturated heterocycles. The van der Waals surface area contributed by atoms with Crippen molar-refractivity contribution in [2.75, 3.05) is 34.4 Å². The molecule has 0 radical (unpaired) electrons. The van der Waals surface area contributed by atoms with Crippen molar-refractivity contribution in [1.82, 2.24) is 0 Å². The van der Waals surface area contributed by atoms with E-state index in [0.717, 1.165) is 11.1 Å². The third-order valence-electron chi connectivity index (χ3n) is 4.70. The minimum absolute atomic E-state index is 0.000545. The number of hydrogen-bond donors (Lipinski definition) is 1. The van der Waals surface area contributed by atoms with Crippen LogP contribution in [0.4, 0.5) is 0 Å². The molecule has 0 aliphatic rings. The van der Waals surface area contributed by atoms with Crippen LogP contribution in [0, 0.1) is 0 Å². The molecule has 4 atom stereocenters.